The Balaban J connectivity index is 1.96. The first kappa shape index (κ1) is 10.4. The van der Waals surface area contributed by atoms with E-state index in [-0.39, 0.29) is 6.10 Å². The van der Waals surface area contributed by atoms with Crippen LogP contribution in [0.1, 0.15) is 31.4 Å². The molecule has 0 aromatic carbocycles. The van der Waals surface area contributed by atoms with Crippen molar-refractivity contribution in [3.63, 3.8) is 0 Å². The van der Waals surface area contributed by atoms with Crippen LogP contribution in [0.3, 0.4) is 0 Å². The zero-order valence-corrected chi connectivity index (χ0v) is 9.15. The summed E-state index contributed by atoms with van der Waals surface area (Å²) in [7, 11) is 0. The van der Waals surface area contributed by atoms with Crippen molar-refractivity contribution in [2.75, 3.05) is 0 Å². The number of hydrogen-bond acceptors (Lipinski definition) is 3. The summed E-state index contributed by atoms with van der Waals surface area (Å²) in [6, 6.07) is 6.15. The largest absolute Gasteiger partial charge is 0.474 e. The molecule has 1 fully saturated rings. The third-order valence-electron chi connectivity index (χ3n) is 2.82. The van der Waals surface area contributed by atoms with Gasteiger partial charge in [0, 0.05) is 17.8 Å². The Hall–Kier alpha value is -1.09. The molecule has 2 atom stereocenters. The van der Waals surface area contributed by atoms with E-state index < -0.39 is 0 Å². The maximum Gasteiger partial charge on any atom is 0.213 e. The second kappa shape index (κ2) is 4.62. The van der Waals surface area contributed by atoms with E-state index in [2.05, 4.69) is 4.98 Å². The SMILES string of the molecule is Cc1cccc(OC2CCCC(N)C2)n1. The molecule has 3 nitrogen and oxygen atoms in total. The summed E-state index contributed by atoms with van der Waals surface area (Å²) in [5, 5.41) is 0. The van der Waals surface area contributed by atoms with Gasteiger partial charge in [0.15, 0.2) is 0 Å². The van der Waals surface area contributed by atoms with Crippen LogP contribution in [0.25, 0.3) is 0 Å². The Morgan fingerprint density at radius 2 is 2.27 bits per heavy atom. The van der Waals surface area contributed by atoms with Crippen LogP contribution in [-0.2, 0) is 0 Å². The summed E-state index contributed by atoms with van der Waals surface area (Å²) < 4.78 is 5.82. The fraction of sp³-hybridized carbons (Fsp3) is 0.583. The lowest BCUT2D eigenvalue weighted by Gasteiger charge is -2.26. The van der Waals surface area contributed by atoms with Crippen LogP contribution in [0.15, 0.2) is 18.2 Å². The van der Waals surface area contributed by atoms with Gasteiger partial charge in [-0.25, -0.2) is 4.98 Å². The summed E-state index contributed by atoms with van der Waals surface area (Å²) in [5.74, 6) is 0.731. The van der Waals surface area contributed by atoms with Gasteiger partial charge >= 0.3 is 0 Å². The van der Waals surface area contributed by atoms with Gasteiger partial charge in [0.2, 0.25) is 5.88 Å². The molecule has 1 aromatic rings. The predicted octanol–water partition coefficient (Wildman–Crippen LogP) is 2.04. The third-order valence-corrected chi connectivity index (χ3v) is 2.82. The van der Waals surface area contributed by atoms with Crippen molar-refractivity contribution >= 4 is 0 Å². The van der Waals surface area contributed by atoms with Gasteiger partial charge in [0.25, 0.3) is 0 Å². The first-order chi connectivity index (χ1) is 7.24. The lowest BCUT2D eigenvalue weighted by atomic mass is 9.94. The fourth-order valence-corrected chi connectivity index (χ4v) is 2.04. The average molecular weight is 206 g/mol. The zero-order chi connectivity index (χ0) is 10.7. The van der Waals surface area contributed by atoms with Crippen molar-refractivity contribution in [3.8, 4) is 5.88 Å². The average Bonchev–Trinajstić information content (AvgIpc) is 2.17. The monoisotopic (exact) mass is 206 g/mol. The van der Waals surface area contributed by atoms with Crippen LogP contribution in [0.4, 0.5) is 0 Å². The molecule has 0 saturated heterocycles. The molecule has 0 radical (unpaired) electrons. The predicted molar refractivity (Wildman–Crippen MR) is 59.8 cm³/mol. The molecule has 1 heterocycles. The highest BCUT2D eigenvalue weighted by molar-refractivity contribution is 5.15. The van der Waals surface area contributed by atoms with E-state index in [9.17, 15) is 0 Å². The molecule has 15 heavy (non-hydrogen) atoms. The van der Waals surface area contributed by atoms with Gasteiger partial charge in [0.1, 0.15) is 6.10 Å². The fourth-order valence-electron chi connectivity index (χ4n) is 2.04. The van der Waals surface area contributed by atoms with Gasteiger partial charge in [0.05, 0.1) is 0 Å². The summed E-state index contributed by atoms with van der Waals surface area (Å²) in [6.45, 7) is 1.97. The number of nitrogens with two attached hydrogens (primary N) is 1. The second-order valence-corrected chi connectivity index (χ2v) is 4.28. The van der Waals surface area contributed by atoms with Crippen molar-refractivity contribution in [2.24, 2.45) is 5.73 Å². The molecule has 2 rings (SSSR count). The van der Waals surface area contributed by atoms with Crippen molar-refractivity contribution in [1.29, 1.82) is 0 Å². The molecule has 1 saturated carbocycles. The highest BCUT2D eigenvalue weighted by Gasteiger charge is 2.20. The quantitative estimate of drug-likeness (QED) is 0.805. The van der Waals surface area contributed by atoms with E-state index in [4.69, 9.17) is 10.5 Å². The number of aryl methyl sites for hydroxylation is 1. The number of rotatable bonds is 2. The summed E-state index contributed by atoms with van der Waals surface area (Å²) in [6.07, 6.45) is 4.60. The molecule has 0 amide bonds. The van der Waals surface area contributed by atoms with Crippen molar-refractivity contribution in [3.05, 3.63) is 23.9 Å². The Morgan fingerprint density at radius 1 is 1.40 bits per heavy atom. The van der Waals surface area contributed by atoms with Crippen LogP contribution in [0.2, 0.25) is 0 Å². The first-order valence-electron chi connectivity index (χ1n) is 5.60. The first-order valence-corrected chi connectivity index (χ1v) is 5.60. The van der Waals surface area contributed by atoms with E-state index in [0.717, 1.165) is 37.3 Å². The molecule has 3 heteroatoms. The smallest absolute Gasteiger partial charge is 0.213 e. The number of ether oxygens (including phenoxy) is 1. The number of pyridine rings is 1. The van der Waals surface area contributed by atoms with Gasteiger partial charge in [-0.3, -0.25) is 0 Å². The number of aromatic nitrogens is 1. The molecule has 2 unspecified atom stereocenters. The van der Waals surface area contributed by atoms with E-state index in [1.807, 2.05) is 25.1 Å². The minimum atomic E-state index is 0.253. The van der Waals surface area contributed by atoms with Crippen LogP contribution in [-0.4, -0.2) is 17.1 Å². The maximum absolute atomic E-state index is 5.91. The minimum Gasteiger partial charge on any atom is -0.474 e. The van der Waals surface area contributed by atoms with Crippen molar-refractivity contribution in [1.82, 2.24) is 4.98 Å². The van der Waals surface area contributed by atoms with Gasteiger partial charge in [-0.1, -0.05) is 6.07 Å². The van der Waals surface area contributed by atoms with E-state index in [1.54, 1.807) is 0 Å². The standard InChI is InChI=1S/C12H18N2O/c1-9-4-2-7-12(14-9)15-11-6-3-5-10(13)8-11/h2,4,7,10-11H,3,5-6,8,13H2,1H3. The maximum atomic E-state index is 5.91. The van der Waals surface area contributed by atoms with Crippen LogP contribution < -0.4 is 10.5 Å². The molecule has 1 aromatic heterocycles. The number of nitrogens with zero attached hydrogens (tertiary/aromatic N) is 1. The Bertz CT molecular complexity index is 327. The molecule has 2 N–H and O–H groups in total. The second-order valence-electron chi connectivity index (χ2n) is 4.28. The molecule has 1 aliphatic rings. The minimum absolute atomic E-state index is 0.253. The summed E-state index contributed by atoms with van der Waals surface area (Å²) >= 11 is 0. The van der Waals surface area contributed by atoms with Crippen LogP contribution >= 0.6 is 0 Å². The topological polar surface area (TPSA) is 48.1 Å². The summed E-state index contributed by atoms with van der Waals surface area (Å²) in [5.41, 5.74) is 6.90. The highest BCUT2D eigenvalue weighted by atomic mass is 16.5. The molecular formula is C12H18N2O. The van der Waals surface area contributed by atoms with E-state index in [1.165, 1.54) is 0 Å². The third kappa shape index (κ3) is 2.93. The molecular weight excluding hydrogens is 188 g/mol. The molecule has 82 valence electrons. The zero-order valence-electron chi connectivity index (χ0n) is 9.15. The molecule has 0 spiro atoms. The Morgan fingerprint density at radius 3 is 3.00 bits per heavy atom. The van der Waals surface area contributed by atoms with Gasteiger partial charge in [-0.05, 0) is 38.7 Å². The Labute approximate surface area is 90.7 Å². The van der Waals surface area contributed by atoms with Crippen molar-refractivity contribution < 1.29 is 4.74 Å². The molecule has 0 bridgehead atoms. The lowest BCUT2D eigenvalue weighted by molar-refractivity contribution is 0.138. The Kier molecular flexibility index (Phi) is 3.21. The van der Waals surface area contributed by atoms with Crippen LogP contribution in [0, 0.1) is 6.92 Å². The van der Waals surface area contributed by atoms with E-state index in [0.29, 0.717) is 6.04 Å². The normalized spacial score (nSPS) is 26.3. The lowest BCUT2D eigenvalue weighted by Crippen LogP contribution is -2.33. The van der Waals surface area contributed by atoms with Gasteiger partial charge < -0.3 is 10.5 Å². The van der Waals surface area contributed by atoms with Gasteiger partial charge in [-0.15, -0.1) is 0 Å². The summed E-state index contributed by atoms with van der Waals surface area (Å²) in [4.78, 5) is 4.33. The highest BCUT2D eigenvalue weighted by Crippen LogP contribution is 2.21. The van der Waals surface area contributed by atoms with E-state index >= 15 is 0 Å². The molecule has 1 aliphatic carbocycles. The molecule has 0 aliphatic heterocycles. The van der Waals surface area contributed by atoms with Gasteiger partial charge in [-0.2, -0.15) is 0 Å². The van der Waals surface area contributed by atoms with Crippen molar-refractivity contribution in [2.45, 2.75) is 44.8 Å². The van der Waals surface area contributed by atoms with Crippen LogP contribution in [0.5, 0.6) is 5.88 Å². The number of hydrogen-bond donors (Lipinski definition) is 1.